The molecule has 3 N–H and O–H groups in total. The van der Waals surface area contributed by atoms with Gasteiger partial charge in [0.05, 0.1) is 6.04 Å². The topological polar surface area (TPSA) is 64.4 Å². The molecule has 1 aliphatic rings. The number of nitrogens with two attached hydrogens (primary N) is 1. The van der Waals surface area contributed by atoms with Crippen molar-refractivity contribution in [3.63, 3.8) is 0 Å². The summed E-state index contributed by atoms with van der Waals surface area (Å²) in [6, 6.07) is 13.7. The molecule has 3 rings (SSSR count). The third kappa shape index (κ3) is 4.96. The van der Waals surface area contributed by atoms with E-state index in [1.807, 2.05) is 25.1 Å². The molecule has 2 aromatic rings. The number of ether oxygens (including phenoxy) is 1. The predicted molar refractivity (Wildman–Crippen MR) is 102 cm³/mol. The normalized spacial score (nSPS) is 20.1. The van der Waals surface area contributed by atoms with E-state index in [9.17, 15) is 9.18 Å². The molecule has 1 fully saturated rings. The van der Waals surface area contributed by atoms with E-state index in [0.717, 1.165) is 19.3 Å². The zero-order chi connectivity index (χ0) is 17.8. The van der Waals surface area contributed by atoms with Gasteiger partial charge >= 0.3 is 0 Å². The number of halogens is 2. The van der Waals surface area contributed by atoms with Gasteiger partial charge < -0.3 is 15.8 Å². The number of nitrogens with one attached hydrogen (secondary N) is 1. The Labute approximate surface area is 159 Å². The van der Waals surface area contributed by atoms with Crippen molar-refractivity contribution in [2.45, 2.75) is 38.3 Å². The molecule has 0 aliphatic heterocycles. The largest absolute Gasteiger partial charge is 0.454 e. The number of carbonyl (C=O) groups excluding carboxylic acids is 1. The number of rotatable bonds is 5. The molecule has 140 valence electrons. The Hall–Kier alpha value is -2.11. The first-order valence-corrected chi connectivity index (χ1v) is 8.61. The lowest BCUT2D eigenvalue weighted by Crippen LogP contribution is -2.32. The molecule has 3 atom stereocenters. The lowest BCUT2D eigenvalue weighted by Gasteiger charge is -2.18. The first kappa shape index (κ1) is 20.2. The van der Waals surface area contributed by atoms with E-state index in [-0.39, 0.29) is 42.1 Å². The molecule has 26 heavy (non-hydrogen) atoms. The van der Waals surface area contributed by atoms with Gasteiger partial charge in [0, 0.05) is 12.0 Å². The van der Waals surface area contributed by atoms with Gasteiger partial charge in [-0.3, -0.25) is 4.79 Å². The van der Waals surface area contributed by atoms with Crippen LogP contribution in [0, 0.1) is 11.7 Å². The first-order valence-electron chi connectivity index (χ1n) is 8.61. The molecule has 3 unspecified atom stereocenters. The van der Waals surface area contributed by atoms with Crippen molar-refractivity contribution < 1.29 is 13.9 Å². The highest BCUT2D eigenvalue weighted by Gasteiger charge is 2.28. The van der Waals surface area contributed by atoms with Gasteiger partial charge in [-0.15, -0.1) is 12.4 Å². The maximum absolute atomic E-state index is 14.3. The van der Waals surface area contributed by atoms with E-state index >= 15 is 0 Å². The van der Waals surface area contributed by atoms with Crippen LogP contribution in [-0.2, 0) is 4.79 Å². The van der Waals surface area contributed by atoms with Gasteiger partial charge in [0.25, 0.3) is 0 Å². The molecule has 2 aromatic carbocycles. The van der Waals surface area contributed by atoms with Gasteiger partial charge in [0.15, 0.2) is 11.6 Å². The van der Waals surface area contributed by atoms with Crippen LogP contribution in [-0.4, -0.2) is 11.9 Å². The molecule has 1 amide bonds. The Morgan fingerprint density at radius 1 is 1.23 bits per heavy atom. The van der Waals surface area contributed by atoms with Crippen molar-refractivity contribution in [3.05, 3.63) is 59.9 Å². The fourth-order valence-corrected chi connectivity index (χ4v) is 3.15. The number of hydrogen-bond acceptors (Lipinski definition) is 3. The summed E-state index contributed by atoms with van der Waals surface area (Å²) in [7, 11) is 0. The smallest absolute Gasteiger partial charge is 0.223 e. The standard InChI is InChI=1S/C20H23FN2O2.ClH/c1-13(23-20(24)15-7-9-16(22)11-15)14-8-10-19(18(21)12-14)25-17-5-3-2-4-6-17;/h2-6,8,10,12-13,15-16H,7,9,11,22H2,1H3,(H,23,24);1H. The highest BCUT2D eigenvalue weighted by Crippen LogP contribution is 2.28. The summed E-state index contributed by atoms with van der Waals surface area (Å²) in [5.41, 5.74) is 6.56. The Morgan fingerprint density at radius 3 is 2.58 bits per heavy atom. The number of benzene rings is 2. The fourth-order valence-electron chi connectivity index (χ4n) is 3.15. The molecule has 0 saturated heterocycles. The molecule has 0 spiro atoms. The molecule has 0 bridgehead atoms. The third-order valence-corrected chi connectivity index (χ3v) is 4.63. The summed E-state index contributed by atoms with van der Waals surface area (Å²) in [6.07, 6.45) is 2.42. The van der Waals surface area contributed by atoms with Crippen molar-refractivity contribution in [1.82, 2.24) is 5.32 Å². The molecule has 4 nitrogen and oxygen atoms in total. The number of hydrogen-bond donors (Lipinski definition) is 2. The second-order valence-electron chi connectivity index (χ2n) is 6.61. The Morgan fingerprint density at radius 2 is 1.96 bits per heavy atom. The van der Waals surface area contributed by atoms with Gasteiger partial charge in [-0.25, -0.2) is 4.39 Å². The molecule has 0 radical (unpaired) electrons. The van der Waals surface area contributed by atoms with Gasteiger partial charge in [-0.1, -0.05) is 24.3 Å². The van der Waals surface area contributed by atoms with E-state index < -0.39 is 5.82 Å². The average Bonchev–Trinajstić information content (AvgIpc) is 3.04. The van der Waals surface area contributed by atoms with Crippen LogP contribution in [0.1, 0.15) is 37.8 Å². The Bertz CT molecular complexity index is 742. The van der Waals surface area contributed by atoms with Crippen LogP contribution in [0.3, 0.4) is 0 Å². The second kappa shape index (κ2) is 9.01. The average molecular weight is 379 g/mol. The minimum Gasteiger partial charge on any atom is -0.454 e. The molecule has 0 heterocycles. The highest BCUT2D eigenvalue weighted by atomic mass is 35.5. The molecule has 1 aliphatic carbocycles. The van der Waals surface area contributed by atoms with Crippen LogP contribution in [0.25, 0.3) is 0 Å². The first-order chi connectivity index (χ1) is 12.0. The van der Waals surface area contributed by atoms with Crippen LogP contribution < -0.4 is 15.8 Å². The van der Waals surface area contributed by atoms with E-state index in [4.69, 9.17) is 10.5 Å². The quantitative estimate of drug-likeness (QED) is 0.813. The monoisotopic (exact) mass is 378 g/mol. The summed E-state index contributed by atoms with van der Waals surface area (Å²) in [6.45, 7) is 1.85. The molecular weight excluding hydrogens is 355 g/mol. The van der Waals surface area contributed by atoms with E-state index in [1.165, 1.54) is 6.07 Å². The lowest BCUT2D eigenvalue weighted by molar-refractivity contribution is -0.125. The van der Waals surface area contributed by atoms with E-state index in [1.54, 1.807) is 24.3 Å². The fraction of sp³-hybridized carbons (Fsp3) is 0.350. The number of para-hydroxylation sites is 1. The van der Waals surface area contributed by atoms with Gasteiger partial charge in [0.1, 0.15) is 5.75 Å². The van der Waals surface area contributed by atoms with Gasteiger partial charge in [0.2, 0.25) is 5.91 Å². The van der Waals surface area contributed by atoms with Crippen LogP contribution >= 0.6 is 12.4 Å². The summed E-state index contributed by atoms with van der Waals surface area (Å²) in [5.74, 6) is 0.238. The summed E-state index contributed by atoms with van der Waals surface area (Å²) in [5, 5.41) is 2.95. The lowest BCUT2D eigenvalue weighted by atomic mass is 10.0. The van der Waals surface area contributed by atoms with E-state index in [0.29, 0.717) is 11.3 Å². The summed E-state index contributed by atoms with van der Waals surface area (Å²) >= 11 is 0. The SMILES string of the molecule is CC(NC(=O)C1CCC(N)C1)c1ccc(Oc2ccccc2)c(F)c1.Cl. The minimum atomic E-state index is -0.453. The van der Waals surface area contributed by atoms with Crippen LogP contribution in [0.5, 0.6) is 11.5 Å². The molecule has 1 saturated carbocycles. The summed E-state index contributed by atoms with van der Waals surface area (Å²) in [4.78, 5) is 12.3. The minimum absolute atomic E-state index is 0. The number of carbonyl (C=O) groups is 1. The molecule has 6 heteroatoms. The zero-order valence-corrected chi connectivity index (χ0v) is 15.5. The van der Waals surface area contributed by atoms with Crippen molar-refractivity contribution in [2.24, 2.45) is 11.7 Å². The second-order valence-corrected chi connectivity index (χ2v) is 6.61. The van der Waals surface area contributed by atoms with Crippen LogP contribution in [0.15, 0.2) is 48.5 Å². The van der Waals surface area contributed by atoms with Crippen molar-refractivity contribution >= 4 is 18.3 Å². The van der Waals surface area contributed by atoms with Crippen LogP contribution in [0.2, 0.25) is 0 Å². The Kier molecular flexibility index (Phi) is 7.00. The highest BCUT2D eigenvalue weighted by molar-refractivity contribution is 5.85. The number of amides is 1. The molecular formula is C20H24ClFN2O2. The Balaban J connectivity index is 0.00000243. The van der Waals surface area contributed by atoms with Gasteiger partial charge in [-0.2, -0.15) is 0 Å². The maximum Gasteiger partial charge on any atom is 0.223 e. The predicted octanol–water partition coefficient (Wildman–Crippen LogP) is 4.34. The zero-order valence-electron chi connectivity index (χ0n) is 14.7. The van der Waals surface area contributed by atoms with Crippen molar-refractivity contribution in [1.29, 1.82) is 0 Å². The van der Waals surface area contributed by atoms with E-state index in [2.05, 4.69) is 5.32 Å². The summed E-state index contributed by atoms with van der Waals surface area (Å²) < 4.78 is 19.9. The van der Waals surface area contributed by atoms with Crippen LogP contribution in [0.4, 0.5) is 4.39 Å². The molecule has 0 aromatic heterocycles. The van der Waals surface area contributed by atoms with Crippen molar-refractivity contribution in [2.75, 3.05) is 0 Å². The van der Waals surface area contributed by atoms with Crippen molar-refractivity contribution in [3.8, 4) is 11.5 Å². The maximum atomic E-state index is 14.3. The third-order valence-electron chi connectivity index (χ3n) is 4.63. The van der Waals surface area contributed by atoms with Gasteiger partial charge in [-0.05, 0) is 56.0 Å².